The van der Waals surface area contributed by atoms with Crippen molar-refractivity contribution in [2.75, 3.05) is 19.0 Å². The molecule has 0 bridgehead atoms. The Labute approximate surface area is 152 Å². The number of benzene rings is 2. The van der Waals surface area contributed by atoms with Gasteiger partial charge in [0.25, 0.3) is 15.9 Å². The molecule has 2 aromatic rings. The number of nitrogens with one attached hydrogen (secondary N) is 2. The van der Waals surface area contributed by atoms with Crippen LogP contribution in [0, 0.1) is 0 Å². The van der Waals surface area contributed by atoms with Crippen LogP contribution in [0.5, 0.6) is 0 Å². The first kappa shape index (κ1) is 19.6. The monoisotopic (exact) mass is 376 g/mol. The zero-order valence-corrected chi connectivity index (χ0v) is 15.3. The molecular weight excluding hydrogens is 356 g/mol. The van der Waals surface area contributed by atoms with E-state index in [4.69, 9.17) is 4.74 Å². The molecular formula is C18H20N2O5S. The number of anilines is 1. The second kappa shape index (κ2) is 8.59. The molecule has 2 amide bonds. The molecule has 0 atom stereocenters. The highest BCUT2D eigenvalue weighted by molar-refractivity contribution is 7.90. The summed E-state index contributed by atoms with van der Waals surface area (Å²) in [6, 6.07) is 12.3. The number of sulfonamides is 1. The van der Waals surface area contributed by atoms with Crippen LogP contribution < -0.4 is 10.0 Å². The number of hydrogen-bond donors (Lipinski definition) is 2. The smallest absolute Gasteiger partial charge is 0.265 e. The van der Waals surface area contributed by atoms with Crippen LogP contribution in [0.2, 0.25) is 0 Å². The minimum atomic E-state index is -4.03. The first-order chi connectivity index (χ1) is 12.4. The van der Waals surface area contributed by atoms with Crippen LogP contribution in [0.4, 0.5) is 5.69 Å². The Bertz CT molecular complexity index is 892. The fourth-order valence-electron chi connectivity index (χ4n) is 2.33. The molecule has 0 saturated heterocycles. The lowest BCUT2D eigenvalue weighted by Gasteiger charge is -2.10. The van der Waals surface area contributed by atoms with Gasteiger partial charge in [0.15, 0.2) is 0 Å². The van der Waals surface area contributed by atoms with Gasteiger partial charge in [0.1, 0.15) is 6.61 Å². The lowest BCUT2D eigenvalue weighted by molar-refractivity contribution is -0.119. The molecule has 2 rings (SSSR count). The Morgan fingerprint density at radius 2 is 1.69 bits per heavy atom. The molecule has 0 aliphatic carbocycles. The minimum Gasteiger partial charge on any atom is -0.375 e. The van der Waals surface area contributed by atoms with Gasteiger partial charge in [-0.05, 0) is 42.3 Å². The van der Waals surface area contributed by atoms with Crippen molar-refractivity contribution < 1.29 is 22.7 Å². The van der Waals surface area contributed by atoms with E-state index in [1.165, 1.54) is 31.4 Å². The molecule has 2 aromatic carbocycles. The van der Waals surface area contributed by atoms with Gasteiger partial charge in [-0.15, -0.1) is 0 Å². The van der Waals surface area contributed by atoms with E-state index in [0.717, 1.165) is 5.56 Å². The van der Waals surface area contributed by atoms with Crippen LogP contribution in [0.3, 0.4) is 0 Å². The molecule has 0 aliphatic rings. The Morgan fingerprint density at radius 3 is 2.31 bits per heavy atom. The zero-order valence-electron chi connectivity index (χ0n) is 14.5. The van der Waals surface area contributed by atoms with E-state index < -0.39 is 15.9 Å². The van der Waals surface area contributed by atoms with Crippen molar-refractivity contribution in [1.82, 2.24) is 4.72 Å². The summed E-state index contributed by atoms with van der Waals surface area (Å²) in [6.45, 7) is 1.78. The number of amides is 2. The molecule has 2 N–H and O–H groups in total. The molecule has 8 heteroatoms. The summed E-state index contributed by atoms with van der Waals surface area (Å²) in [7, 11) is -2.63. The standard InChI is InChI=1S/C18H20N2O5S/c1-3-13-6-4-5-7-16(13)18(22)20-26(23,24)15-10-8-14(9-11-15)19-17(21)12-25-2/h4-11H,3,12H2,1-2H3,(H,19,21)(H,20,22). The van der Waals surface area contributed by atoms with Crippen molar-refractivity contribution in [3.63, 3.8) is 0 Å². The Kier molecular flexibility index (Phi) is 6.48. The van der Waals surface area contributed by atoms with Crippen molar-refractivity contribution in [3.8, 4) is 0 Å². The quantitative estimate of drug-likeness (QED) is 0.769. The van der Waals surface area contributed by atoms with Crippen LogP contribution in [0.1, 0.15) is 22.8 Å². The van der Waals surface area contributed by atoms with Crippen molar-refractivity contribution in [2.45, 2.75) is 18.2 Å². The maximum absolute atomic E-state index is 12.4. The van der Waals surface area contributed by atoms with Crippen LogP contribution >= 0.6 is 0 Å². The number of methoxy groups -OCH3 is 1. The summed E-state index contributed by atoms with van der Waals surface area (Å²) >= 11 is 0. The van der Waals surface area contributed by atoms with E-state index in [-0.39, 0.29) is 17.4 Å². The van der Waals surface area contributed by atoms with Gasteiger partial charge >= 0.3 is 0 Å². The summed E-state index contributed by atoms with van der Waals surface area (Å²) in [5.41, 5.74) is 1.51. The summed E-state index contributed by atoms with van der Waals surface area (Å²) in [6.07, 6.45) is 0.611. The number of aryl methyl sites for hydroxylation is 1. The van der Waals surface area contributed by atoms with E-state index in [1.807, 2.05) is 6.92 Å². The Hall–Kier alpha value is -2.71. The summed E-state index contributed by atoms with van der Waals surface area (Å²) in [5.74, 6) is -1.03. The molecule has 138 valence electrons. The SMILES string of the molecule is CCc1ccccc1C(=O)NS(=O)(=O)c1ccc(NC(=O)COC)cc1. The molecule has 0 unspecified atom stereocenters. The fourth-order valence-corrected chi connectivity index (χ4v) is 3.30. The maximum Gasteiger partial charge on any atom is 0.265 e. The highest BCUT2D eigenvalue weighted by Gasteiger charge is 2.20. The van der Waals surface area contributed by atoms with Gasteiger partial charge in [-0.2, -0.15) is 0 Å². The van der Waals surface area contributed by atoms with E-state index in [1.54, 1.807) is 24.3 Å². The number of ether oxygens (including phenoxy) is 1. The van der Waals surface area contributed by atoms with Gasteiger partial charge in [0.2, 0.25) is 5.91 Å². The van der Waals surface area contributed by atoms with Crippen molar-refractivity contribution in [1.29, 1.82) is 0 Å². The van der Waals surface area contributed by atoms with Crippen LogP contribution in [0.15, 0.2) is 53.4 Å². The fraction of sp³-hybridized carbons (Fsp3) is 0.222. The van der Waals surface area contributed by atoms with Gasteiger partial charge in [0, 0.05) is 18.4 Å². The molecule has 0 aromatic heterocycles. The average molecular weight is 376 g/mol. The predicted molar refractivity (Wildman–Crippen MR) is 97.4 cm³/mol. The first-order valence-electron chi connectivity index (χ1n) is 7.91. The third-order valence-corrected chi connectivity index (χ3v) is 4.94. The van der Waals surface area contributed by atoms with Crippen LogP contribution in [0.25, 0.3) is 0 Å². The average Bonchev–Trinajstić information content (AvgIpc) is 2.62. The van der Waals surface area contributed by atoms with E-state index in [9.17, 15) is 18.0 Å². The highest BCUT2D eigenvalue weighted by atomic mass is 32.2. The molecule has 0 saturated carbocycles. The third-order valence-electron chi connectivity index (χ3n) is 3.59. The zero-order chi connectivity index (χ0) is 19.2. The van der Waals surface area contributed by atoms with E-state index >= 15 is 0 Å². The van der Waals surface area contributed by atoms with Crippen molar-refractivity contribution in [2.24, 2.45) is 0 Å². The van der Waals surface area contributed by atoms with Crippen molar-refractivity contribution >= 4 is 27.5 Å². The summed E-state index contributed by atoms with van der Waals surface area (Å²) in [4.78, 5) is 23.7. The van der Waals surface area contributed by atoms with Gasteiger partial charge in [0.05, 0.1) is 4.90 Å². The predicted octanol–water partition coefficient (Wildman–Crippen LogP) is 1.95. The number of hydrogen-bond acceptors (Lipinski definition) is 5. The lowest BCUT2D eigenvalue weighted by atomic mass is 10.1. The molecule has 7 nitrogen and oxygen atoms in total. The number of carbonyl (C=O) groups excluding carboxylic acids is 2. The third kappa shape index (κ3) is 4.90. The second-order valence-corrected chi connectivity index (χ2v) is 7.13. The summed E-state index contributed by atoms with van der Waals surface area (Å²) < 4.78 is 31.6. The molecule has 0 fully saturated rings. The normalized spacial score (nSPS) is 11.0. The Morgan fingerprint density at radius 1 is 1.04 bits per heavy atom. The van der Waals surface area contributed by atoms with E-state index in [0.29, 0.717) is 17.7 Å². The van der Waals surface area contributed by atoms with Gasteiger partial charge in [-0.3, -0.25) is 9.59 Å². The largest absolute Gasteiger partial charge is 0.375 e. The van der Waals surface area contributed by atoms with Crippen LogP contribution in [-0.4, -0.2) is 33.9 Å². The molecule has 0 radical (unpaired) electrons. The summed E-state index contributed by atoms with van der Waals surface area (Å²) in [5, 5.41) is 2.56. The lowest BCUT2D eigenvalue weighted by Crippen LogP contribution is -2.31. The number of rotatable bonds is 7. The van der Waals surface area contributed by atoms with E-state index in [2.05, 4.69) is 10.0 Å². The second-order valence-electron chi connectivity index (χ2n) is 5.45. The maximum atomic E-state index is 12.4. The van der Waals surface area contributed by atoms with Gasteiger partial charge < -0.3 is 10.1 Å². The molecule has 0 spiro atoms. The molecule has 26 heavy (non-hydrogen) atoms. The molecule has 0 heterocycles. The van der Waals surface area contributed by atoms with Crippen molar-refractivity contribution in [3.05, 3.63) is 59.7 Å². The van der Waals surface area contributed by atoms with Gasteiger partial charge in [-0.1, -0.05) is 25.1 Å². The first-order valence-corrected chi connectivity index (χ1v) is 9.39. The highest BCUT2D eigenvalue weighted by Crippen LogP contribution is 2.16. The Balaban J connectivity index is 2.14. The van der Waals surface area contributed by atoms with Crippen LogP contribution in [-0.2, 0) is 26.0 Å². The topological polar surface area (TPSA) is 102 Å². The van der Waals surface area contributed by atoms with Gasteiger partial charge in [-0.25, -0.2) is 13.1 Å². The molecule has 0 aliphatic heterocycles. The minimum absolute atomic E-state index is 0.0791. The number of carbonyl (C=O) groups is 2.